The van der Waals surface area contributed by atoms with Gasteiger partial charge in [0, 0.05) is 19.6 Å². The Morgan fingerprint density at radius 1 is 0.846 bits per heavy atom. The highest BCUT2D eigenvalue weighted by Gasteiger charge is 2.40. The van der Waals surface area contributed by atoms with Crippen molar-refractivity contribution in [3.8, 4) is 0 Å². The van der Waals surface area contributed by atoms with Crippen LogP contribution in [0.25, 0.3) is 0 Å². The largest absolute Gasteiger partial charge is 0.323 e. The third-order valence-electron chi connectivity index (χ3n) is 7.28. The summed E-state index contributed by atoms with van der Waals surface area (Å²) in [4.78, 5) is 13.8. The fourth-order valence-corrected chi connectivity index (χ4v) is 8.33. The molecule has 1 atom stereocenters. The molecule has 39 heavy (non-hydrogen) atoms. The molecule has 206 valence electrons. The van der Waals surface area contributed by atoms with E-state index in [0.717, 1.165) is 36.0 Å². The van der Waals surface area contributed by atoms with Crippen molar-refractivity contribution in [1.29, 1.82) is 0 Å². The Hall–Kier alpha value is -2.76. The third kappa shape index (κ3) is 5.62. The lowest BCUT2D eigenvalue weighted by Crippen LogP contribution is -2.50. The summed E-state index contributed by atoms with van der Waals surface area (Å²) >= 11 is 6.38. The number of anilines is 1. The van der Waals surface area contributed by atoms with Crippen LogP contribution in [0.3, 0.4) is 0 Å². The van der Waals surface area contributed by atoms with Crippen LogP contribution < -0.4 is 5.32 Å². The Labute approximate surface area is 234 Å². The molecule has 1 fully saturated rings. The van der Waals surface area contributed by atoms with Gasteiger partial charge in [-0.05, 0) is 67.6 Å². The van der Waals surface area contributed by atoms with Gasteiger partial charge in [-0.2, -0.15) is 8.61 Å². The molecule has 3 aromatic carbocycles. The number of sulfonamides is 2. The smallest absolute Gasteiger partial charge is 0.244 e. The van der Waals surface area contributed by atoms with Crippen molar-refractivity contribution in [3.63, 3.8) is 0 Å². The van der Waals surface area contributed by atoms with Crippen LogP contribution in [-0.2, 0) is 37.8 Å². The zero-order chi connectivity index (χ0) is 27.8. The van der Waals surface area contributed by atoms with E-state index in [2.05, 4.69) is 5.32 Å². The monoisotopic (exact) mass is 587 g/mol. The molecule has 0 saturated carbocycles. The number of nitrogens with zero attached hydrogens (tertiary/aromatic N) is 2. The molecule has 2 aliphatic heterocycles. The van der Waals surface area contributed by atoms with Gasteiger partial charge in [0.2, 0.25) is 26.0 Å². The minimum absolute atomic E-state index is 0.0293. The van der Waals surface area contributed by atoms with Crippen LogP contribution in [0.5, 0.6) is 0 Å². The average molecular weight is 588 g/mol. The number of nitrogens with one attached hydrogen (secondary N) is 1. The zero-order valence-electron chi connectivity index (χ0n) is 21.5. The lowest BCUT2D eigenvalue weighted by molar-refractivity contribution is -0.120. The Kier molecular flexibility index (Phi) is 7.85. The summed E-state index contributed by atoms with van der Waals surface area (Å²) in [6, 6.07) is 17.1. The van der Waals surface area contributed by atoms with Gasteiger partial charge < -0.3 is 5.32 Å². The van der Waals surface area contributed by atoms with Crippen molar-refractivity contribution in [2.75, 3.05) is 18.4 Å². The lowest BCUT2D eigenvalue weighted by Gasteiger charge is -2.35. The highest BCUT2D eigenvalue weighted by atomic mass is 35.5. The van der Waals surface area contributed by atoms with Crippen LogP contribution in [-0.4, -0.2) is 50.5 Å². The van der Waals surface area contributed by atoms with Gasteiger partial charge in [-0.1, -0.05) is 60.0 Å². The maximum atomic E-state index is 13.7. The summed E-state index contributed by atoms with van der Waals surface area (Å²) in [5.41, 5.74) is 2.73. The highest BCUT2D eigenvalue weighted by molar-refractivity contribution is 7.89. The molecule has 5 rings (SSSR count). The van der Waals surface area contributed by atoms with E-state index in [1.54, 1.807) is 12.1 Å². The van der Waals surface area contributed by atoms with Gasteiger partial charge in [0.15, 0.2) is 0 Å². The second-order valence-electron chi connectivity index (χ2n) is 9.95. The molecule has 0 radical (unpaired) electrons. The molecular weight excluding hydrogens is 558 g/mol. The van der Waals surface area contributed by atoms with Gasteiger partial charge in [-0.3, -0.25) is 4.79 Å². The van der Waals surface area contributed by atoms with Gasteiger partial charge >= 0.3 is 0 Å². The number of piperidine rings is 1. The minimum atomic E-state index is -4.03. The molecule has 0 aromatic heterocycles. The number of amides is 1. The predicted octanol–water partition coefficient (Wildman–Crippen LogP) is 4.58. The number of fused-ring (bicyclic) bond motifs is 1. The van der Waals surface area contributed by atoms with E-state index in [4.69, 9.17) is 11.6 Å². The Bertz CT molecular complexity index is 1600. The van der Waals surface area contributed by atoms with Gasteiger partial charge in [0.05, 0.1) is 20.5 Å². The molecular formula is C28H30ClN3O5S2. The van der Waals surface area contributed by atoms with Gasteiger partial charge in [0.1, 0.15) is 6.04 Å². The number of hydrogen-bond acceptors (Lipinski definition) is 5. The molecule has 1 saturated heterocycles. The third-order valence-corrected chi connectivity index (χ3v) is 11.4. The van der Waals surface area contributed by atoms with E-state index >= 15 is 0 Å². The van der Waals surface area contributed by atoms with Crippen molar-refractivity contribution in [2.45, 2.75) is 55.0 Å². The molecule has 2 aliphatic rings. The van der Waals surface area contributed by atoms with Crippen LogP contribution in [0.4, 0.5) is 5.69 Å². The van der Waals surface area contributed by atoms with E-state index in [0.29, 0.717) is 13.1 Å². The number of rotatable bonds is 6. The summed E-state index contributed by atoms with van der Waals surface area (Å²) < 4.78 is 56.6. The molecule has 0 aliphatic carbocycles. The molecule has 1 N–H and O–H groups in total. The highest BCUT2D eigenvalue weighted by Crippen LogP contribution is 2.32. The lowest BCUT2D eigenvalue weighted by atomic mass is 9.95. The molecule has 0 bridgehead atoms. The number of carbonyl (C=O) groups is 1. The van der Waals surface area contributed by atoms with Gasteiger partial charge in [-0.25, -0.2) is 16.8 Å². The van der Waals surface area contributed by atoms with E-state index < -0.39 is 32.0 Å². The maximum absolute atomic E-state index is 13.7. The number of benzene rings is 3. The molecule has 2 heterocycles. The first-order chi connectivity index (χ1) is 18.6. The first kappa shape index (κ1) is 27.8. The first-order valence-corrected chi connectivity index (χ1v) is 16.1. The van der Waals surface area contributed by atoms with Gasteiger partial charge in [0.25, 0.3) is 0 Å². The Morgan fingerprint density at radius 3 is 2.18 bits per heavy atom. The first-order valence-electron chi connectivity index (χ1n) is 12.8. The molecule has 8 nitrogen and oxygen atoms in total. The number of aryl methyl sites for hydroxylation is 1. The second-order valence-corrected chi connectivity index (χ2v) is 14.2. The summed E-state index contributed by atoms with van der Waals surface area (Å²) in [7, 11) is -7.79. The van der Waals surface area contributed by atoms with Crippen molar-refractivity contribution < 1.29 is 21.6 Å². The van der Waals surface area contributed by atoms with Crippen LogP contribution in [0, 0.1) is 6.92 Å². The normalized spacial score (nSPS) is 18.9. The Balaban J connectivity index is 1.47. The van der Waals surface area contributed by atoms with E-state index in [-0.39, 0.29) is 33.5 Å². The van der Waals surface area contributed by atoms with Crippen molar-refractivity contribution >= 4 is 43.2 Å². The van der Waals surface area contributed by atoms with Crippen molar-refractivity contribution in [1.82, 2.24) is 8.61 Å². The summed E-state index contributed by atoms with van der Waals surface area (Å²) in [6.07, 6.45) is 2.74. The molecule has 1 amide bonds. The summed E-state index contributed by atoms with van der Waals surface area (Å²) in [5, 5.41) is 2.89. The molecule has 1 unspecified atom stereocenters. The number of hydrogen-bond donors (Lipinski definition) is 1. The fraction of sp³-hybridized carbons (Fsp3) is 0.321. The average Bonchev–Trinajstić information content (AvgIpc) is 2.94. The number of carbonyl (C=O) groups excluding carboxylic acids is 1. The SMILES string of the molecule is Cc1ccc(S(=O)(=O)N2Cc3ccccc3CC2C(=O)Nc2cc(S(=O)(=O)N3CCCCC3)ccc2Cl)cc1. The number of halogens is 1. The van der Waals surface area contributed by atoms with Crippen LogP contribution in [0.2, 0.25) is 5.02 Å². The van der Waals surface area contributed by atoms with Crippen LogP contribution >= 0.6 is 11.6 Å². The quantitative estimate of drug-likeness (QED) is 0.455. The molecule has 0 spiro atoms. The van der Waals surface area contributed by atoms with Gasteiger partial charge in [-0.15, -0.1) is 0 Å². The van der Waals surface area contributed by atoms with Crippen LogP contribution in [0.1, 0.15) is 36.0 Å². The van der Waals surface area contributed by atoms with Crippen molar-refractivity contribution in [2.24, 2.45) is 0 Å². The summed E-state index contributed by atoms with van der Waals surface area (Å²) in [6.45, 7) is 2.79. The Morgan fingerprint density at radius 2 is 1.49 bits per heavy atom. The predicted molar refractivity (Wildman–Crippen MR) is 151 cm³/mol. The maximum Gasteiger partial charge on any atom is 0.244 e. The van der Waals surface area contributed by atoms with E-state index in [1.807, 2.05) is 31.2 Å². The summed E-state index contributed by atoms with van der Waals surface area (Å²) in [5.74, 6) is -0.588. The van der Waals surface area contributed by atoms with E-state index in [9.17, 15) is 21.6 Å². The fourth-order valence-electron chi connectivity index (χ4n) is 5.05. The van der Waals surface area contributed by atoms with E-state index in [1.165, 1.54) is 38.9 Å². The molecule has 3 aromatic rings. The zero-order valence-corrected chi connectivity index (χ0v) is 23.9. The standard InChI is InChI=1S/C28H30ClN3O5S2/c1-20-9-11-23(12-10-20)39(36,37)32-19-22-8-4-3-7-21(22)17-27(32)28(33)30-26-18-24(13-14-25(26)29)38(34,35)31-15-5-2-6-16-31/h3-4,7-14,18,27H,2,5-6,15-17,19H2,1H3,(H,30,33). The minimum Gasteiger partial charge on any atom is -0.323 e. The van der Waals surface area contributed by atoms with Crippen molar-refractivity contribution in [3.05, 3.63) is 88.4 Å². The molecule has 11 heteroatoms. The van der Waals surface area contributed by atoms with Crippen LogP contribution in [0.15, 0.2) is 76.5 Å². The topological polar surface area (TPSA) is 104 Å². The second kappa shape index (κ2) is 11.0.